The number of piperazine rings is 1. The molecule has 14 heteroatoms. The van der Waals surface area contributed by atoms with Crippen molar-refractivity contribution in [3.63, 3.8) is 0 Å². The van der Waals surface area contributed by atoms with E-state index in [1.807, 2.05) is 19.2 Å². The number of aryl methyl sites for hydroxylation is 1. The minimum atomic E-state index is -4.05. The number of thiophene rings is 1. The van der Waals surface area contributed by atoms with Crippen molar-refractivity contribution in [3.05, 3.63) is 39.1 Å². The zero-order valence-corrected chi connectivity index (χ0v) is 24.1. The first-order chi connectivity index (χ1) is 18.1. The number of hydrogen-bond donors (Lipinski definition) is 2. The Morgan fingerprint density at radius 1 is 1.05 bits per heavy atom. The number of sulfonamides is 1. The molecule has 1 saturated heterocycles. The zero-order chi connectivity index (χ0) is 27.0. The molecule has 3 aromatic heterocycles. The maximum Gasteiger partial charge on any atom is 0.241 e. The largest absolute Gasteiger partial charge is 0.354 e. The lowest BCUT2D eigenvalue weighted by atomic mass is 10.0. The molecule has 3 N–H and O–H groups in total. The van der Waals surface area contributed by atoms with E-state index >= 15 is 0 Å². The molecule has 1 aromatic carbocycles. The van der Waals surface area contributed by atoms with Crippen molar-refractivity contribution in [3.8, 4) is 22.4 Å². The van der Waals surface area contributed by atoms with Gasteiger partial charge in [-0.1, -0.05) is 47.5 Å². The number of nitrogens with zero attached hydrogens (tertiary/aromatic N) is 6. The topological polar surface area (TPSA) is 122 Å². The Hall–Kier alpha value is -2.32. The summed E-state index contributed by atoms with van der Waals surface area (Å²) in [4.78, 5) is 13.9. The van der Waals surface area contributed by atoms with Crippen LogP contribution in [-0.4, -0.2) is 84.3 Å². The van der Waals surface area contributed by atoms with E-state index in [2.05, 4.69) is 37.2 Å². The molecule has 0 bridgehead atoms. The molecule has 0 saturated carbocycles. The molecule has 0 atom stereocenters. The van der Waals surface area contributed by atoms with Crippen molar-refractivity contribution in [1.82, 2.24) is 29.5 Å². The van der Waals surface area contributed by atoms with Crippen LogP contribution in [0.1, 0.15) is 6.42 Å². The summed E-state index contributed by atoms with van der Waals surface area (Å²) in [6, 6.07) is 7.23. The zero-order valence-electron chi connectivity index (χ0n) is 21.0. The fourth-order valence-electron chi connectivity index (χ4n) is 4.57. The molecule has 1 aliphatic heterocycles. The highest BCUT2D eigenvalue weighted by molar-refractivity contribution is 7.89. The normalized spacial score (nSPS) is 15.4. The van der Waals surface area contributed by atoms with Gasteiger partial charge in [-0.25, -0.2) is 23.2 Å². The predicted octanol–water partition coefficient (Wildman–Crippen LogP) is 3.76. The van der Waals surface area contributed by atoms with Gasteiger partial charge in [-0.05, 0) is 25.6 Å². The SMILES string of the molecule is CN1CCN(CCCNc2ncc3c(-c4ccc(-c5c(Cl)sc(Cl)c5S(N)(=O)=O)cc4)nn(C)c3n2)CC1. The van der Waals surface area contributed by atoms with Gasteiger partial charge in [-0.3, -0.25) is 0 Å². The standard InChI is InChI=1S/C24H28Cl2N8O2S2/c1-32-10-12-34(13-11-32)9-3-8-28-24-29-14-17-19(31-33(2)23(17)30-24)16-6-4-15(5-7-16)18-20(38(27,35)36)22(26)37-21(18)25/h4-7,14H,3,8-13H2,1-2H3,(H2,27,35,36)(H,28,29,30). The summed E-state index contributed by atoms with van der Waals surface area (Å²) >= 11 is 13.4. The average Bonchev–Trinajstić information content (AvgIpc) is 3.38. The summed E-state index contributed by atoms with van der Waals surface area (Å²) < 4.78 is 26.2. The molecule has 5 rings (SSSR count). The second kappa shape index (κ2) is 11.0. The lowest BCUT2D eigenvalue weighted by Gasteiger charge is -2.32. The maximum atomic E-state index is 12.1. The highest BCUT2D eigenvalue weighted by Gasteiger charge is 2.26. The number of nitrogens with one attached hydrogen (secondary N) is 1. The van der Waals surface area contributed by atoms with Crippen LogP contribution in [0.15, 0.2) is 35.4 Å². The highest BCUT2D eigenvalue weighted by atomic mass is 35.5. The van der Waals surface area contributed by atoms with E-state index in [0.29, 0.717) is 22.7 Å². The van der Waals surface area contributed by atoms with Gasteiger partial charge >= 0.3 is 0 Å². The maximum absolute atomic E-state index is 12.1. The number of likely N-dealkylation sites (N-methyl/N-ethyl adjacent to an activating group) is 1. The highest BCUT2D eigenvalue weighted by Crippen LogP contribution is 2.45. The second-order valence-electron chi connectivity index (χ2n) is 9.30. The quantitative estimate of drug-likeness (QED) is 0.296. The molecule has 0 unspecified atom stereocenters. The number of anilines is 1. The molecule has 1 aliphatic rings. The summed E-state index contributed by atoms with van der Waals surface area (Å²) in [5.41, 5.74) is 3.14. The molecule has 38 heavy (non-hydrogen) atoms. The number of benzene rings is 1. The van der Waals surface area contributed by atoms with Crippen molar-refractivity contribution in [2.75, 3.05) is 51.6 Å². The Kier molecular flexibility index (Phi) is 7.92. The molecular weight excluding hydrogens is 567 g/mol. The number of fused-ring (bicyclic) bond motifs is 1. The minimum Gasteiger partial charge on any atom is -0.354 e. The minimum absolute atomic E-state index is 0.0354. The van der Waals surface area contributed by atoms with E-state index in [0.717, 1.165) is 73.7 Å². The third-order valence-electron chi connectivity index (χ3n) is 6.62. The molecule has 4 heterocycles. The van der Waals surface area contributed by atoms with E-state index in [-0.39, 0.29) is 13.6 Å². The van der Waals surface area contributed by atoms with Crippen LogP contribution in [0, 0.1) is 0 Å². The van der Waals surface area contributed by atoms with Gasteiger partial charge in [0.05, 0.1) is 5.39 Å². The molecule has 10 nitrogen and oxygen atoms in total. The fourth-order valence-corrected chi connectivity index (χ4v) is 7.77. The van der Waals surface area contributed by atoms with Gasteiger partial charge in [0.15, 0.2) is 5.65 Å². The summed E-state index contributed by atoms with van der Waals surface area (Å²) in [7, 11) is -0.0431. The summed E-state index contributed by atoms with van der Waals surface area (Å²) in [6.07, 6.45) is 2.79. The first-order valence-electron chi connectivity index (χ1n) is 12.1. The summed E-state index contributed by atoms with van der Waals surface area (Å²) in [5.74, 6) is 0.570. The van der Waals surface area contributed by atoms with Crippen LogP contribution in [-0.2, 0) is 17.1 Å². The number of halogens is 2. The van der Waals surface area contributed by atoms with Crippen molar-refractivity contribution in [2.45, 2.75) is 11.3 Å². The second-order valence-corrected chi connectivity index (χ2v) is 13.0. The van der Waals surface area contributed by atoms with Crippen LogP contribution < -0.4 is 10.5 Å². The number of aromatic nitrogens is 4. The lowest BCUT2D eigenvalue weighted by Crippen LogP contribution is -2.44. The van der Waals surface area contributed by atoms with Crippen LogP contribution in [0.2, 0.25) is 8.67 Å². The van der Waals surface area contributed by atoms with Crippen molar-refractivity contribution >= 4 is 61.5 Å². The lowest BCUT2D eigenvalue weighted by molar-refractivity contribution is 0.154. The molecule has 0 amide bonds. The number of hydrogen-bond acceptors (Lipinski definition) is 9. The van der Waals surface area contributed by atoms with Crippen LogP contribution in [0.5, 0.6) is 0 Å². The van der Waals surface area contributed by atoms with Crippen molar-refractivity contribution in [2.24, 2.45) is 12.2 Å². The van der Waals surface area contributed by atoms with Gasteiger partial charge in [-0.2, -0.15) is 10.1 Å². The van der Waals surface area contributed by atoms with Crippen LogP contribution in [0.4, 0.5) is 5.95 Å². The summed E-state index contributed by atoms with van der Waals surface area (Å²) in [5, 5.41) is 14.2. The molecular formula is C24H28Cl2N8O2S2. The number of nitrogens with two attached hydrogens (primary N) is 1. The van der Waals surface area contributed by atoms with Gasteiger partial charge in [0.2, 0.25) is 16.0 Å². The van der Waals surface area contributed by atoms with Crippen LogP contribution in [0.3, 0.4) is 0 Å². The van der Waals surface area contributed by atoms with Gasteiger partial charge in [0.1, 0.15) is 19.3 Å². The van der Waals surface area contributed by atoms with Crippen molar-refractivity contribution in [1.29, 1.82) is 0 Å². The van der Waals surface area contributed by atoms with Gasteiger partial charge in [0.25, 0.3) is 0 Å². The van der Waals surface area contributed by atoms with Crippen LogP contribution >= 0.6 is 34.5 Å². The Morgan fingerprint density at radius 3 is 2.42 bits per heavy atom. The molecule has 0 radical (unpaired) electrons. The molecule has 0 aliphatic carbocycles. The van der Waals surface area contributed by atoms with Gasteiger partial charge < -0.3 is 15.1 Å². The van der Waals surface area contributed by atoms with E-state index in [1.165, 1.54) is 0 Å². The third-order valence-corrected chi connectivity index (χ3v) is 9.45. The molecule has 4 aromatic rings. The van der Waals surface area contributed by atoms with Gasteiger partial charge in [0, 0.05) is 57.1 Å². The Labute approximate surface area is 235 Å². The molecule has 1 fully saturated rings. The van der Waals surface area contributed by atoms with E-state index in [1.54, 1.807) is 23.0 Å². The monoisotopic (exact) mass is 594 g/mol. The first kappa shape index (κ1) is 27.3. The van der Waals surface area contributed by atoms with Crippen LogP contribution in [0.25, 0.3) is 33.4 Å². The molecule has 202 valence electrons. The Morgan fingerprint density at radius 2 is 1.74 bits per heavy atom. The van der Waals surface area contributed by atoms with E-state index in [4.69, 9.17) is 28.3 Å². The van der Waals surface area contributed by atoms with E-state index in [9.17, 15) is 8.42 Å². The third kappa shape index (κ3) is 5.67. The van der Waals surface area contributed by atoms with Gasteiger partial charge in [-0.15, -0.1) is 11.3 Å². The Bertz CT molecular complexity index is 1560. The number of primary sulfonamides is 1. The predicted molar refractivity (Wildman–Crippen MR) is 153 cm³/mol. The van der Waals surface area contributed by atoms with Crippen molar-refractivity contribution < 1.29 is 8.42 Å². The smallest absolute Gasteiger partial charge is 0.241 e. The first-order valence-corrected chi connectivity index (χ1v) is 15.2. The average molecular weight is 596 g/mol. The van der Waals surface area contributed by atoms with E-state index < -0.39 is 10.0 Å². The Balaban J connectivity index is 1.31. The summed E-state index contributed by atoms with van der Waals surface area (Å²) in [6.45, 7) is 6.30. The number of rotatable bonds is 8. The molecule has 0 spiro atoms. The fraction of sp³-hybridized carbons (Fsp3) is 0.375.